The van der Waals surface area contributed by atoms with Crippen molar-refractivity contribution in [3.8, 4) is 0 Å². The van der Waals surface area contributed by atoms with Crippen molar-refractivity contribution in [2.75, 3.05) is 12.4 Å². The molecule has 96 valence electrons. The standard InChI is InChI=1S/C15H18O2S/c1-2-17-15(16)9-11-18-10-8-14(12-18)13-6-4-3-5-7-13/h3-8,10,12,18H,2,9,11H2,1H3. The summed E-state index contributed by atoms with van der Waals surface area (Å²) in [6.45, 7) is 2.31. The van der Waals surface area contributed by atoms with Crippen molar-refractivity contribution < 1.29 is 9.53 Å². The van der Waals surface area contributed by atoms with E-state index in [1.54, 1.807) is 0 Å². The monoisotopic (exact) mass is 262 g/mol. The SMILES string of the molecule is CCOC(=O)CC[SH]1C=CC(c2ccccc2)=C1. The molecule has 0 fully saturated rings. The number of hydrogen-bond acceptors (Lipinski definition) is 2. The van der Waals surface area contributed by atoms with Crippen LogP contribution in [0.15, 0.2) is 47.2 Å². The summed E-state index contributed by atoms with van der Waals surface area (Å²) in [4.78, 5) is 11.3. The molecule has 1 aliphatic heterocycles. The Hall–Kier alpha value is -1.48. The quantitative estimate of drug-likeness (QED) is 0.649. The Morgan fingerprint density at radius 3 is 2.78 bits per heavy atom. The van der Waals surface area contributed by atoms with Gasteiger partial charge >= 0.3 is 5.97 Å². The van der Waals surface area contributed by atoms with Crippen molar-refractivity contribution >= 4 is 22.4 Å². The predicted octanol–water partition coefficient (Wildman–Crippen LogP) is 3.51. The maximum absolute atomic E-state index is 11.3. The average Bonchev–Trinajstić information content (AvgIpc) is 2.87. The van der Waals surface area contributed by atoms with E-state index in [0.29, 0.717) is 13.0 Å². The highest BCUT2D eigenvalue weighted by molar-refractivity contribution is 8.22. The van der Waals surface area contributed by atoms with Gasteiger partial charge < -0.3 is 4.74 Å². The zero-order valence-corrected chi connectivity index (χ0v) is 11.4. The van der Waals surface area contributed by atoms with E-state index in [1.807, 2.05) is 25.1 Å². The van der Waals surface area contributed by atoms with Crippen molar-refractivity contribution in [3.05, 3.63) is 52.8 Å². The van der Waals surface area contributed by atoms with Gasteiger partial charge in [0.25, 0.3) is 0 Å². The van der Waals surface area contributed by atoms with Crippen LogP contribution in [-0.4, -0.2) is 18.3 Å². The number of hydrogen-bond donors (Lipinski definition) is 1. The van der Waals surface area contributed by atoms with E-state index in [-0.39, 0.29) is 16.9 Å². The fourth-order valence-electron chi connectivity index (χ4n) is 1.83. The van der Waals surface area contributed by atoms with E-state index in [9.17, 15) is 4.79 Å². The normalized spacial score (nSPS) is 19.6. The van der Waals surface area contributed by atoms with Crippen LogP contribution < -0.4 is 0 Å². The first-order valence-electron chi connectivity index (χ1n) is 6.16. The predicted molar refractivity (Wildman–Crippen MR) is 78.7 cm³/mol. The maximum Gasteiger partial charge on any atom is 0.306 e. The molecule has 0 N–H and O–H groups in total. The first kappa shape index (κ1) is 13.0. The molecule has 0 aliphatic carbocycles. The Balaban J connectivity index is 1.90. The third-order valence-electron chi connectivity index (χ3n) is 2.74. The van der Waals surface area contributed by atoms with E-state index in [2.05, 4.69) is 29.0 Å². The topological polar surface area (TPSA) is 26.3 Å². The van der Waals surface area contributed by atoms with Crippen LogP contribution in [0.2, 0.25) is 0 Å². The number of rotatable bonds is 5. The van der Waals surface area contributed by atoms with Crippen LogP contribution in [-0.2, 0) is 9.53 Å². The highest BCUT2D eigenvalue weighted by Crippen LogP contribution is 2.40. The number of thiol groups is 1. The number of benzene rings is 1. The molecule has 1 heterocycles. The Morgan fingerprint density at radius 2 is 2.06 bits per heavy atom. The van der Waals surface area contributed by atoms with Crippen molar-refractivity contribution in [3.63, 3.8) is 0 Å². The third-order valence-corrected chi connectivity index (χ3v) is 4.62. The molecular formula is C15H18O2S. The van der Waals surface area contributed by atoms with E-state index >= 15 is 0 Å². The second-order valence-corrected chi connectivity index (χ2v) is 6.09. The molecule has 0 radical (unpaired) electrons. The van der Waals surface area contributed by atoms with Gasteiger partial charge in [-0.15, -0.1) is 0 Å². The van der Waals surface area contributed by atoms with Crippen molar-refractivity contribution in [2.24, 2.45) is 0 Å². The van der Waals surface area contributed by atoms with Gasteiger partial charge in [0.2, 0.25) is 0 Å². The number of allylic oxidation sites excluding steroid dienone is 2. The smallest absolute Gasteiger partial charge is 0.306 e. The van der Waals surface area contributed by atoms with Gasteiger partial charge in [-0.1, -0.05) is 30.3 Å². The van der Waals surface area contributed by atoms with Crippen molar-refractivity contribution in [2.45, 2.75) is 13.3 Å². The highest BCUT2D eigenvalue weighted by Gasteiger charge is 2.10. The van der Waals surface area contributed by atoms with Crippen molar-refractivity contribution in [1.29, 1.82) is 0 Å². The van der Waals surface area contributed by atoms with Crippen LogP contribution in [0.5, 0.6) is 0 Å². The van der Waals surface area contributed by atoms with Crippen LogP contribution >= 0.6 is 10.9 Å². The Kier molecular flexibility index (Phi) is 4.65. The lowest BCUT2D eigenvalue weighted by molar-refractivity contribution is -0.142. The molecule has 2 rings (SSSR count). The molecule has 3 heteroatoms. The van der Waals surface area contributed by atoms with Crippen LogP contribution in [0, 0.1) is 0 Å². The van der Waals surface area contributed by atoms with Crippen LogP contribution in [0.1, 0.15) is 18.9 Å². The minimum absolute atomic E-state index is 0.0880. The van der Waals surface area contributed by atoms with Crippen molar-refractivity contribution in [1.82, 2.24) is 0 Å². The number of ether oxygens (including phenoxy) is 1. The highest BCUT2D eigenvalue weighted by atomic mass is 32.2. The van der Waals surface area contributed by atoms with Crippen LogP contribution in [0.25, 0.3) is 5.57 Å². The van der Waals surface area contributed by atoms with E-state index < -0.39 is 0 Å². The summed E-state index contributed by atoms with van der Waals surface area (Å²) >= 11 is 0. The van der Waals surface area contributed by atoms with Gasteiger partial charge in [0.1, 0.15) is 0 Å². The summed E-state index contributed by atoms with van der Waals surface area (Å²) in [5, 5.41) is 4.50. The molecule has 2 nitrogen and oxygen atoms in total. The van der Waals surface area contributed by atoms with Gasteiger partial charge in [0.15, 0.2) is 0 Å². The second kappa shape index (κ2) is 6.45. The van der Waals surface area contributed by atoms with Gasteiger partial charge in [-0.2, -0.15) is 0 Å². The summed E-state index contributed by atoms with van der Waals surface area (Å²) in [5.41, 5.74) is 2.51. The van der Waals surface area contributed by atoms with Gasteiger partial charge in [0.05, 0.1) is 13.0 Å². The fraction of sp³-hybridized carbons (Fsp3) is 0.267. The van der Waals surface area contributed by atoms with Crippen LogP contribution in [0.3, 0.4) is 0 Å². The van der Waals surface area contributed by atoms with Gasteiger partial charge in [-0.05, 0) is 40.7 Å². The molecule has 18 heavy (non-hydrogen) atoms. The molecule has 0 saturated carbocycles. The van der Waals surface area contributed by atoms with Crippen LogP contribution in [0.4, 0.5) is 0 Å². The molecular weight excluding hydrogens is 244 g/mol. The fourth-order valence-corrected chi connectivity index (χ4v) is 3.58. The lowest BCUT2D eigenvalue weighted by atomic mass is 10.1. The summed E-state index contributed by atoms with van der Waals surface area (Å²) in [6, 6.07) is 10.3. The summed E-state index contributed by atoms with van der Waals surface area (Å²) < 4.78 is 4.94. The molecule has 1 aromatic rings. The lowest BCUT2D eigenvalue weighted by Gasteiger charge is -2.08. The van der Waals surface area contributed by atoms with Gasteiger partial charge in [0, 0.05) is 0 Å². The molecule has 1 unspecified atom stereocenters. The minimum atomic E-state index is -0.295. The molecule has 0 saturated heterocycles. The first-order chi connectivity index (χ1) is 8.79. The van der Waals surface area contributed by atoms with Gasteiger partial charge in [-0.25, -0.2) is 10.9 Å². The molecule has 0 amide bonds. The van der Waals surface area contributed by atoms with E-state index in [0.717, 1.165) is 5.75 Å². The number of esters is 1. The maximum atomic E-state index is 11.3. The summed E-state index contributed by atoms with van der Waals surface area (Å²) in [6.07, 6.45) is 2.68. The Labute approximate surface area is 111 Å². The largest absolute Gasteiger partial charge is 0.466 e. The molecule has 0 spiro atoms. The third kappa shape index (κ3) is 3.50. The Bertz CT molecular complexity index is 463. The lowest BCUT2D eigenvalue weighted by Crippen LogP contribution is -2.05. The number of carbonyl (C=O) groups is 1. The molecule has 1 aromatic carbocycles. The number of carbonyl (C=O) groups excluding carboxylic acids is 1. The first-order valence-corrected chi connectivity index (χ1v) is 7.83. The molecule has 1 atom stereocenters. The summed E-state index contributed by atoms with van der Waals surface area (Å²) in [5.74, 6) is 0.802. The zero-order chi connectivity index (χ0) is 12.8. The minimum Gasteiger partial charge on any atom is -0.466 e. The molecule has 1 aliphatic rings. The summed E-state index contributed by atoms with van der Waals surface area (Å²) in [7, 11) is -0.295. The second-order valence-electron chi connectivity index (χ2n) is 4.06. The molecule has 0 bridgehead atoms. The van der Waals surface area contributed by atoms with Gasteiger partial charge in [-0.3, -0.25) is 4.79 Å². The average molecular weight is 262 g/mol. The van der Waals surface area contributed by atoms with E-state index in [4.69, 9.17) is 4.74 Å². The van der Waals surface area contributed by atoms with E-state index in [1.165, 1.54) is 11.1 Å². The Morgan fingerprint density at radius 1 is 1.28 bits per heavy atom. The zero-order valence-electron chi connectivity index (χ0n) is 10.5. The molecule has 0 aromatic heterocycles.